The Morgan fingerprint density at radius 1 is 0.923 bits per heavy atom. The fourth-order valence-corrected chi connectivity index (χ4v) is 5.73. The van der Waals surface area contributed by atoms with Crippen LogP contribution in [0, 0.1) is 12.8 Å². The highest BCUT2D eigenvalue weighted by Crippen LogP contribution is 2.44. The summed E-state index contributed by atoms with van der Waals surface area (Å²) in [6, 6.07) is 13.2. The molecule has 10 heteroatoms. The van der Waals surface area contributed by atoms with E-state index in [1.807, 2.05) is 49.4 Å². The molecule has 1 aromatic heterocycles. The Labute approximate surface area is 231 Å². The number of carbonyl (C=O) groups is 2. The highest BCUT2D eigenvalue weighted by atomic mass is 32.1. The largest absolute Gasteiger partial charge is 0.493 e. The fourth-order valence-electron chi connectivity index (χ4n) is 4.88. The standard InChI is InChI=1S/C29H31N3O6S/c1-15-23(27(33)37-6)25(24(16(2)30-15)28(34)38-7)19-10-8-9-11-20(19)31-29-32-26(17(3)39-29)18-12-13-21(35-4)22(14-18)36-5/h8-14,23,25H,1-7H3,(H,31,32). The lowest BCUT2D eigenvalue weighted by molar-refractivity contribution is -0.143. The molecule has 39 heavy (non-hydrogen) atoms. The van der Waals surface area contributed by atoms with E-state index in [0.717, 1.165) is 21.7 Å². The Morgan fingerprint density at radius 3 is 2.31 bits per heavy atom. The molecule has 1 aliphatic rings. The van der Waals surface area contributed by atoms with E-state index in [9.17, 15) is 9.59 Å². The average Bonchev–Trinajstić information content (AvgIpc) is 3.31. The Balaban J connectivity index is 1.78. The van der Waals surface area contributed by atoms with Crippen LogP contribution in [0.25, 0.3) is 11.3 Å². The number of nitrogens with one attached hydrogen (secondary N) is 1. The van der Waals surface area contributed by atoms with E-state index in [0.29, 0.717) is 39.3 Å². The van der Waals surface area contributed by atoms with Gasteiger partial charge in [0.25, 0.3) is 0 Å². The second kappa shape index (κ2) is 11.7. The highest BCUT2D eigenvalue weighted by Gasteiger charge is 2.43. The summed E-state index contributed by atoms with van der Waals surface area (Å²) in [6.07, 6.45) is 0. The summed E-state index contributed by atoms with van der Waals surface area (Å²) in [4.78, 5) is 36.3. The van der Waals surface area contributed by atoms with Gasteiger partial charge in [0.15, 0.2) is 16.6 Å². The van der Waals surface area contributed by atoms with E-state index < -0.39 is 23.8 Å². The van der Waals surface area contributed by atoms with Crippen molar-refractivity contribution in [2.45, 2.75) is 26.7 Å². The SMILES string of the molecule is COC(=O)C1=C(C)N=C(C)C(C(=O)OC)C1c1ccccc1Nc1nc(-c2ccc(OC)c(OC)c2)c(C)s1. The number of nitrogens with zero attached hydrogens (tertiary/aromatic N) is 2. The van der Waals surface area contributed by atoms with Crippen LogP contribution in [0.2, 0.25) is 0 Å². The van der Waals surface area contributed by atoms with Crippen molar-refractivity contribution in [2.75, 3.05) is 33.8 Å². The maximum Gasteiger partial charge on any atom is 0.336 e. The minimum absolute atomic E-state index is 0.314. The van der Waals surface area contributed by atoms with Gasteiger partial charge in [0.1, 0.15) is 5.92 Å². The van der Waals surface area contributed by atoms with Crippen molar-refractivity contribution in [1.29, 1.82) is 0 Å². The number of methoxy groups -OCH3 is 4. The number of aromatic nitrogens is 1. The van der Waals surface area contributed by atoms with Gasteiger partial charge in [-0.2, -0.15) is 0 Å². The number of hydrogen-bond donors (Lipinski definition) is 1. The number of thiazole rings is 1. The number of carbonyl (C=O) groups excluding carboxylic acids is 2. The number of anilines is 2. The fraction of sp³-hybridized carbons (Fsp3) is 0.310. The molecule has 0 fully saturated rings. The molecular weight excluding hydrogens is 518 g/mol. The lowest BCUT2D eigenvalue weighted by Crippen LogP contribution is -2.36. The van der Waals surface area contributed by atoms with Gasteiger partial charge in [0, 0.05) is 33.5 Å². The third-order valence-corrected chi connectivity index (χ3v) is 7.57. The number of esters is 2. The van der Waals surface area contributed by atoms with Gasteiger partial charge in [0.2, 0.25) is 0 Å². The summed E-state index contributed by atoms with van der Waals surface area (Å²) < 4.78 is 21.1. The smallest absolute Gasteiger partial charge is 0.336 e. The molecule has 3 aromatic rings. The lowest BCUT2D eigenvalue weighted by atomic mass is 9.75. The Morgan fingerprint density at radius 2 is 1.64 bits per heavy atom. The van der Waals surface area contributed by atoms with Crippen molar-refractivity contribution in [1.82, 2.24) is 4.98 Å². The third-order valence-electron chi connectivity index (χ3n) is 6.68. The molecule has 2 aromatic carbocycles. The van der Waals surface area contributed by atoms with Crippen molar-refractivity contribution in [3.05, 3.63) is 64.2 Å². The van der Waals surface area contributed by atoms with Gasteiger partial charge < -0.3 is 24.3 Å². The van der Waals surface area contributed by atoms with Gasteiger partial charge >= 0.3 is 11.9 Å². The summed E-state index contributed by atoms with van der Waals surface area (Å²) in [7, 11) is 5.83. The summed E-state index contributed by atoms with van der Waals surface area (Å²) in [5.74, 6) is -1.24. The first-order valence-corrected chi connectivity index (χ1v) is 13.0. The first-order chi connectivity index (χ1) is 18.7. The van der Waals surface area contributed by atoms with Crippen LogP contribution in [0.15, 0.2) is 58.7 Å². The molecule has 1 N–H and O–H groups in total. The molecule has 2 unspecified atom stereocenters. The normalized spacial score (nSPS) is 16.8. The second-order valence-corrected chi connectivity index (χ2v) is 10.1. The number of rotatable bonds is 8. The number of aliphatic imine (C=N–C) groups is 1. The predicted octanol–water partition coefficient (Wildman–Crippen LogP) is 5.67. The zero-order valence-corrected chi connectivity index (χ0v) is 23.8. The molecule has 0 aliphatic carbocycles. The van der Waals surface area contributed by atoms with Crippen LogP contribution in [-0.4, -0.2) is 51.1 Å². The van der Waals surface area contributed by atoms with Crippen molar-refractivity contribution in [3.8, 4) is 22.8 Å². The van der Waals surface area contributed by atoms with Crippen LogP contribution in [0.1, 0.15) is 30.2 Å². The van der Waals surface area contributed by atoms with Crippen molar-refractivity contribution in [3.63, 3.8) is 0 Å². The van der Waals surface area contributed by atoms with Crippen LogP contribution in [0.5, 0.6) is 11.5 Å². The second-order valence-electron chi connectivity index (χ2n) is 8.93. The topological polar surface area (TPSA) is 108 Å². The van der Waals surface area contributed by atoms with Gasteiger partial charge in [-0.05, 0) is 50.6 Å². The first-order valence-electron chi connectivity index (χ1n) is 12.2. The molecule has 2 heterocycles. The molecule has 0 saturated heterocycles. The van der Waals surface area contributed by atoms with Gasteiger partial charge in [-0.3, -0.25) is 9.79 Å². The maximum atomic E-state index is 13.0. The first kappa shape index (κ1) is 27.8. The number of ether oxygens (including phenoxy) is 4. The Bertz CT molecular complexity index is 1480. The summed E-state index contributed by atoms with van der Waals surface area (Å²) >= 11 is 1.49. The van der Waals surface area contributed by atoms with E-state index in [4.69, 9.17) is 23.9 Å². The number of aryl methyl sites for hydroxylation is 1. The molecule has 0 saturated carbocycles. The summed E-state index contributed by atoms with van der Waals surface area (Å²) in [6.45, 7) is 5.50. The van der Waals surface area contributed by atoms with Gasteiger partial charge in [-0.15, -0.1) is 11.3 Å². The van der Waals surface area contributed by atoms with E-state index in [-0.39, 0.29) is 0 Å². The van der Waals surface area contributed by atoms with Crippen molar-refractivity contribution in [2.24, 2.45) is 10.9 Å². The van der Waals surface area contributed by atoms with Crippen LogP contribution < -0.4 is 14.8 Å². The van der Waals surface area contributed by atoms with Crippen LogP contribution in [0.3, 0.4) is 0 Å². The molecular formula is C29H31N3O6S. The number of hydrogen-bond acceptors (Lipinski definition) is 10. The minimum Gasteiger partial charge on any atom is -0.493 e. The molecule has 4 rings (SSSR count). The zero-order valence-electron chi connectivity index (χ0n) is 22.9. The van der Waals surface area contributed by atoms with Gasteiger partial charge in [-0.25, -0.2) is 9.78 Å². The molecule has 9 nitrogen and oxygen atoms in total. The molecule has 0 spiro atoms. The van der Waals surface area contributed by atoms with Crippen LogP contribution >= 0.6 is 11.3 Å². The molecule has 204 valence electrons. The van der Waals surface area contributed by atoms with E-state index in [1.165, 1.54) is 25.6 Å². The maximum absolute atomic E-state index is 13.0. The zero-order chi connectivity index (χ0) is 28.3. The molecule has 2 atom stereocenters. The van der Waals surface area contributed by atoms with Gasteiger partial charge in [-0.1, -0.05) is 18.2 Å². The molecule has 1 aliphatic heterocycles. The molecule has 0 radical (unpaired) electrons. The molecule has 0 bridgehead atoms. The lowest BCUT2D eigenvalue weighted by Gasteiger charge is -2.32. The Hall–Kier alpha value is -4.18. The third kappa shape index (κ3) is 5.37. The highest BCUT2D eigenvalue weighted by molar-refractivity contribution is 7.16. The quantitative estimate of drug-likeness (QED) is 0.358. The predicted molar refractivity (Wildman–Crippen MR) is 151 cm³/mol. The van der Waals surface area contributed by atoms with Crippen LogP contribution in [0.4, 0.5) is 10.8 Å². The minimum atomic E-state index is -0.795. The Kier molecular flexibility index (Phi) is 8.35. The van der Waals surface area contributed by atoms with Gasteiger partial charge in [0.05, 0.1) is 39.7 Å². The summed E-state index contributed by atoms with van der Waals surface area (Å²) in [5.41, 5.74) is 4.50. The number of benzene rings is 2. The van der Waals surface area contributed by atoms with Crippen LogP contribution in [-0.2, 0) is 19.1 Å². The number of para-hydroxylation sites is 1. The number of allylic oxidation sites excluding steroid dienone is 1. The monoisotopic (exact) mass is 549 g/mol. The van der Waals surface area contributed by atoms with E-state index in [1.54, 1.807) is 28.1 Å². The van der Waals surface area contributed by atoms with E-state index in [2.05, 4.69) is 10.3 Å². The summed E-state index contributed by atoms with van der Waals surface area (Å²) in [5, 5.41) is 4.07. The van der Waals surface area contributed by atoms with Crippen molar-refractivity contribution < 1.29 is 28.5 Å². The average molecular weight is 550 g/mol. The van der Waals surface area contributed by atoms with Crippen molar-refractivity contribution >= 4 is 39.8 Å². The molecule has 0 amide bonds. The van der Waals surface area contributed by atoms with E-state index >= 15 is 0 Å².